The number of cyclic esters (lactones) is 1. The Morgan fingerprint density at radius 2 is 1.37 bits per heavy atom. The number of hydrogen-bond donors (Lipinski definition) is 7. The average molecular weight is 1700 g/mol. The molecule has 3 fully saturated rings. The van der Waals surface area contributed by atoms with E-state index in [0.717, 1.165) is 28.9 Å². The Morgan fingerprint density at radius 1 is 0.711 bits per heavy atom. The van der Waals surface area contributed by atoms with E-state index >= 15 is 0 Å². The van der Waals surface area contributed by atoms with Crippen LogP contribution in [0.2, 0.25) is 0 Å². The third kappa shape index (κ3) is 31.0. The SMILES string of the molecule is CO[C@H]1C[C@@H]2CC[C@@H](C)[C@@](O)(O2)C(=O)C(=O)N2CCCC[C@H]2C(=O)O[C@H]([C@H](N)C[C@@H]2CC[C@@H](OC(=O)NCCOCCOCCOCCOCCOCCOCCOCCOCCC(=O)NCCCCn3nc(-c4ccc5oc(N)nc5c4)c4c(N)ncnc43)[C@H](OC)C2)CC(=O)[C@H](C)/C=C(\C)[C@@H](O)[C@@H](OC)C(=O)[C@H](C)C[C@H](C)/C=C/C=CC=C1C. The largest absolute Gasteiger partial charge is 0.459 e. The number of nitrogens with zero attached hydrogens (tertiary/aromatic N) is 6. The molecule has 3 amide bonds. The molecular formula is C86H131N11O24. The van der Waals surface area contributed by atoms with Crippen LogP contribution >= 0.6 is 0 Å². The van der Waals surface area contributed by atoms with E-state index in [-0.39, 0.29) is 94.6 Å². The van der Waals surface area contributed by atoms with Crippen LogP contribution in [0.1, 0.15) is 138 Å². The number of carbonyl (C=O) groups excluding carboxylic acids is 7. The highest BCUT2D eigenvalue weighted by Crippen LogP contribution is 2.39. The van der Waals surface area contributed by atoms with Crippen molar-refractivity contribution in [2.75, 3.05) is 158 Å². The van der Waals surface area contributed by atoms with E-state index in [0.29, 0.717) is 190 Å². The number of esters is 1. The molecule has 35 nitrogen and oxygen atoms in total. The number of unbranched alkanes of at least 4 members (excludes halogenated alkanes) is 1. The number of aliphatic hydroxyl groups is 2. The second-order valence-electron chi connectivity index (χ2n) is 31.6. The maximum atomic E-state index is 14.7. The quantitative estimate of drug-likeness (QED) is 0.0104. The molecule has 1 aliphatic carbocycles. The molecule has 3 aromatic heterocycles. The number of nitrogens with one attached hydrogen (secondary N) is 2. The summed E-state index contributed by atoms with van der Waals surface area (Å²) in [4.78, 5) is 111. The first-order valence-corrected chi connectivity index (χ1v) is 42.5. The number of rotatable bonds is 40. The number of benzene rings is 1. The van der Waals surface area contributed by atoms with Gasteiger partial charge in [0.15, 0.2) is 17.0 Å². The van der Waals surface area contributed by atoms with E-state index in [1.807, 2.05) is 56.4 Å². The van der Waals surface area contributed by atoms with Crippen LogP contribution < -0.4 is 27.8 Å². The molecule has 15 atom stereocenters. The zero-order chi connectivity index (χ0) is 87.2. The van der Waals surface area contributed by atoms with Crippen molar-refractivity contribution in [2.24, 2.45) is 35.3 Å². The Bertz CT molecular complexity index is 4020. The molecule has 2 bridgehead atoms. The van der Waals surface area contributed by atoms with Crippen LogP contribution in [0, 0.1) is 29.6 Å². The molecule has 121 heavy (non-hydrogen) atoms. The molecule has 3 aliphatic heterocycles. The van der Waals surface area contributed by atoms with Crippen molar-refractivity contribution in [2.45, 2.75) is 205 Å². The number of aliphatic hydroxyl groups excluding tert-OH is 1. The molecule has 0 unspecified atom stereocenters. The van der Waals surface area contributed by atoms with E-state index in [1.165, 1.54) is 20.5 Å². The highest BCUT2D eigenvalue weighted by molar-refractivity contribution is 6.39. The Hall–Kier alpha value is -8.11. The number of fused-ring (bicyclic) bond motifs is 5. The lowest BCUT2D eigenvalue weighted by Crippen LogP contribution is -2.61. The topological polar surface area (TPSA) is 464 Å². The number of ether oxygens (including phenoxy) is 14. The molecule has 8 rings (SSSR count). The van der Waals surface area contributed by atoms with Gasteiger partial charge in [-0.1, -0.05) is 64.2 Å². The fourth-order valence-corrected chi connectivity index (χ4v) is 15.4. The first-order valence-electron chi connectivity index (χ1n) is 42.5. The first-order chi connectivity index (χ1) is 58.3. The van der Waals surface area contributed by atoms with Crippen LogP contribution in [-0.2, 0) is 102 Å². The average Bonchev–Trinajstić information content (AvgIpc) is 1.75. The number of aryl methyl sites for hydroxylation is 1. The molecule has 2 saturated heterocycles. The predicted octanol–water partition coefficient (Wildman–Crippen LogP) is 6.84. The van der Waals surface area contributed by atoms with Gasteiger partial charge in [0.25, 0.3) is 17.7 Å². The summed E-state index contributed by atoms with van der Waals surface area (Å²) in [7, 11) is 4.43. The molecule has 6 heterocycles. The molecule has 4 aliphatic rings. The summed E-state index contributed by atoms with van der Waals surface area (Å²) >= 11 is 0. The van der Waals surface area contributed by atoms with Crippen molar-refractivity contribution in [3.05, 3.63) is 72.1 Å². The normalized spacial score (nSPS) is 26.5. The van der Waals surface area contributed by atoms with Crippen LogP contribution in [0.4, 0.5) is 16.6 Å². The highest BCUT2D eigenvalue weighted by Gasteiger charge is 2.53. The Morgan fingerprint density at radius 3 is 2.02 bits per heavy atom. The molecular weight excluding hydrogens is 1570 g/mol. The second kappa shape index (κ2) is 51.9. The summed E-state index contributed by atoms with van der Waals surface area (Å²) in [5.74, 6) is -8.47. The van der Waals surface area contributed by atoms with Gasteiger partial charge in [0.1, 0.15) is 59.6 Å². The zero-order valence-electron chi connectivity index (χ0n) is 71.9. The van der Waals surface area contributed by atoms with Crippen LogP contribution in [0.3, 0.4) is 0 Å². The smallest absolute Gasteiger partial charge is 0.407 e. The second-order valence-corrected chi connectivity index (χ2v) is 31.6. The Kier molecular flexibility index (Phi) is 42.1. The number of carbonyl (C=O) groups is 7. The molecule has 674 valence electrons. The summed E-state index contributed by atoms with van der Waals surface area (Å²) in [5.41, 5.74) is 23.4. The van der Waals surface area contributed by atoms with Crippen LogP contribution in [0.5, 0.6) is 0 Å². The van der Waals surface area contributed by atoms with Gasteiger partial charge < -0.3 is 114 Å². The van der Waals surface area contributed by atoms with Crippen LogP contribution in [0.25, 0.3) is 33.4 Å². The van der Waals surface area contributed by atoms with Gasteiger partial charge in [-0.15, -0.1) is 0 Å². The van der Waals surface area contributed by atoms with Crippen molar-refractivity contribution in [1.82, 2.24) is 40.3 Å². The van der Waals surface area contributed by atoms with E-state index in [2.05, 4.69) is 25.6 Å². The maximum Gasteiger partial charge on any atom is 0.407 e. The number of anilines is 2. The van der Waals surface area contributed by atoms with E-state index in [4.69, 9.17) is 93.0 Å². The number of Topliss-reactive ketones (excluding diaryl/α,β-unsaturated/α-hetero) is 3. The molecule has 0 radical (unpaired) electrons. The van der Waals surface area contributed by atoms with Crippen molar-refractivity contribution in [3.8, 4) is 11.3 Å². The van der Waals surface area contributed by atoms with E-state index < -0.39 is 108 Å². The van der Waals surface area contributed by atoms with Crippen molar-refractivity contribution < 1.29 is 115 Å². The summed E-state index contributed by atoms with van der Waals surface area (Å²) in [6.07, 6.45) is 11.2. The fourth-order valence-electron chi connectivity index (χ4n) is 15.4. The number of allylic oxidation sites excluding steroid dienone is 6. The van der Waals surface area contributed by atoms with Gasteiger partial charge in [-0.25, -0.2) is 24.2 Å². The maximum absolute atomic E-state index is 14.7. The number of amides is 3. The molecule has 35 heteroatoms. The molecule has 4 aromatic rings. The van der Waals surface area contributed by atoms with Gasteiger partial charge in [-0.05, 0) is 132 Å². The van der Waals surface area contributed by atoms with Crippen LogP contribution in [0.15, 0.2) is 76.5 Å². The van der Waals surface area contributed by atoms with Gasteiger partial charge in [0.2, 0.25) is 11.7 Å². The fraction of sp³-hybridized carbons (Fsp3) is 0.686. The monoisotopic (exact) mass is 1700 g/mol. The zero-order valence-corrected chi connectivity index (χ0v) is 71.9. The number of nitrogen functional groups attached to an aromatic ring is 2. The number of ketones is 3. The predicted molar refractivity (Wildman–Crippen MR) is 447 cm³/mol. The Labute approximate surface area is 708 Å². The van der Waals surface area contributed by atoms with Gasteiger partial charge in [0, 0.05) is 96.1 Å². The number of alkyl carbamates (subject to hydrolysis) is 1. The summed E-state index contributed by atoms with van der Waals surface area (Å²) in [5, 5.41) is 34.8. The molecule has 10 N–H and O–H groups in total. The van der Waals surface area contributed by atoms with Crippen molar-refractivity contribution in [3.63, 3.8) is 0 Å². The molecule has 0 spiro atoms. The van der Waals surface area contributed by atoms with E-state index in [9.17, 15) is 43.8 Å². The van der Waals surface area contributed by atoms with Gasteiger partial charge in [-0.3, -0.25) is 24.0 Å². The van der Waals surface area contributed by atoms with Crippen molar-refractivity contribution in [1.29, 1.82) is 0 Å². The molecule has 1 aromatic carbocycles. The first kappa shape index (κ1) is 98.3. The highest BCUT2D eigenvalue weighted by atomic mass is 16.6. The number of hydrogen-bond acceptors (Lipinski definition) is 31. The number of nitrogens with two attached hydrogens (primary N) is 3. The summed E-state index contributed by atoms with van der Waals surface area (Å²) in [6, 6.07) is 3.34. The minimum absolute atomic E-state index is 0.00824. The minimum Gasteiger partial charge on any atom is -0.459 e. The standard InChI is InChI=1S/C86H131N11O24/c1-55-17-11-10-12-18-56(2)70(107-7)52-63-23-20-60(6)86(106,121-63)79(102)82(103)96-29-15-13-19-66(96)83(104)118-71(53-67(98)57(3)48-59(5)77(101)78(109-9)76(100)58(4)47-55)64(87)49-61-21-24-69(72(50-61)108-8)120-85(105)91-28-32-111-34-36-113-38-40-115-42-44-117-46-45-116-43-41-114-39-37-112-35-33-110-31-26-73(99)90-27-14-16-30-97-81-74(80(88)92-54-93-81)75(95-97)62-22-25-68-65(51-62)94-84(89)119-68/h10-12,17-18,22,25,48,51,54-55,57-58,60-61,63-64,66,69-72,77-78,101,106H,13-16,19-21,23-24,26-47,49-50,52-53,87H2,1-9H3,(H2,89,94)(H,90,99)(H,91,105)(H2,88,92,93)/b12-10?,17-11+,56-18?,59-48+/t55-,57-,58-,60-,61+,63+,64-,66+,69-,70+,71+,72-,77-,78+,86-/m1/s1. The summed E-state index contributed by atoms with van der Waals surface area (Å²) in [6.45, 7) is 17.5. The third-order valence-corrected chi connectivity index (χ3v) is 22.4. The number of aromatic nitrogens is 5. The van der Waals surface area contributed by atoms with Gasteiger partial charge in [-0.2, -0.15) is 10.1 Å². The van der Waals surface area contributed by atoms with Gasteiger partial charge >= 0.3 is 12.1 Å². The third-order valence-electron chi connectivity index (χ3n) is 22.4. The number of oxazole rings is 1. The lowest BCUT2D eigenvalue weighted by atomic mass is 9.80. The summed E-state index contributed by atoms with van der Waals surface area (Å²) < 4.78 is 87.6. The number of piperidine rings is 1. The minimum atomic E-state index is -2.50. The van der Waals surface area contributed by atoms with E-state index in [1.54, 1.807) is 51.6 Å². The lowest BCUT2D eigenvalue weighted by molar-refractivity contribution is -0.265. The molecule has 1 saturated carbocycles. The van der Waals surface area contributed by atoms with Crippen molar-refractivity contribution >= 4 is 75.2 Å². The lowest BCUT2D eigenvalue weighted by Gasteiger charge is -2.42. The van der Waals surface area contributed by atoms with Crippen LogP contribution in [-0.4, -0.2) is 288 Å². The Balaban J connectivity index is 0.653. The van der Waals surface area contributed by atoms with Gasteiger partial charge in [0.05, 0.1) is 129 Å². The number of methoxy groups -OCH3 is 3.